The number of fused-ring (bicyclic) bond motifs is 2. The van der Waals surface area contributed by atoms with E-state index in [1.54, 1.807) is 35.9 Å². The number of aromatic nitrogens is 6. The lowest BCUT2D eigenvalue weighted by molar-refractivity contribution is 0.0713. The topological polar surface area (TPSA) is 101 Å². The Bertz CT molecular complexity index is 1470. The fourth-order valence-corrected chi connectivity index (χ4v) is 5.30. The summed E-state index contributed by atoms with van der Waals surface area (Å²) in [5.74, 6) is 0.567. The average molecular weight is 446 g/mol. The number of carbonyl (C=O) groups excluding carboxylic acids is 1. The third-order valence-corrected chi connectivity index (χ3v) is 7.08. The van der Waals surface area contributed by atoms with Gasteiger partial charge in [0.1, 0.15) is 5.52 Å². The number of piperidine rings is 1. The maximum atomic E-state index is 13.0. The van der Waals surface area contributed by atoms with Crippen LogP contribution in [0.1, 0.15) is 34.1 Å². The highest BCUT2D eigenvalue weighted by atomic mass is 32.1. The second-order valence-corrected chi connectivity index (χ2v) is 8.94. The van der Waals surface area contributed by atoms with Gasteiger partial charge in [0, 0.05) is 31.4 Å². The predicted octanol–water partition coefficient (Wildman–Crippen LogP) is 2.84. The van der Waals surface area contributed by atoms with E-state index in [0.29, 0.717) is 30.1 Å². The summed E-state index contributed by atoms with van der Waals surface area (Å²) in [5, 5.41) is 9.73. The van der Waals surface area contributed by atoms with Crippen LogP contribution in [0.5, 0.6) is 0 Å². The summed E-state index contributed by atoms with van der Waals surface area (Å²) in [5.41, 5.74) is 1.70. The van der Waals surface area contributed by atoms with Gasteiger partial charge >= 0.3 is 0 Å². The molecular weight excluding hydrogens is 426 g/mol. The molecule has 5 heterocycles. The zero-order valence-corrected chi connectivity index (χ0v) is 17.8. The highest BCUT2D eigenvalue weighted by molar-refractivity contribution is 7.18. The molecule has 9 nitrogen and oxygen atoms in total. The van der Waals surface area contributed by atoms with Crippen molar-refractivity contribution in [2.45, 2.75) is 18.8 Å². The van der Waals surface area contributed by atoms with Crippen molar-refractivity contribution in [1.82, 2.24) is 34.3 Å². The average Bonchev–Trinajstić information content (AvgIpc) is 3.57. The number of thiazole rings is 1. The molecule has 0 radical (unpaired) electrons. The van der Waals surface area contributed by atoms with E-state index in [-0.39, 0.29) is 17.4 Å². The minimum atomic E-state index is -0.264. The number of aromatic amines is 1. The van der Waals surface area contributed by atoms with Crippen LogP contribution in [0.25, 0.3) is 21.7 Å². The molecule has 0 saturated carbocycles. The van der Waals surface area contributed by atoms with E-state index in [4.69, 9.17) is 4.98 Å². The number of nitrogens with zero attached hydrogens (tertiary/aromatic N) is 6. The van der Waals surface area contributed by atoms with Crippen LogP contribution in [0.15, 0.2) is 59.8 Å². The highest BCUT2D eigenvalue weighted by Crippen LogP contribution is 2.34. The van der Waals surface area contributed by atoms with E-state index in [9.17, 15) is 9.59 Å². The third kappa shape index (κ3) is 3.19. The number of para-hydroxylation sites is 1. The van der Waals surface area contributed by atoms with Gasteiger partial charge in [0.05, 0.1) is 27.0 Å². The van der Waals surface area contributed by atoms with E-state index in [0.717, 1.165) is 23.4 Å². The Morgan fingerprint density at radius 3 is 2.81 bits per heavy atom. The molecule has 1 aliphatic heterocycles. The molecule has 1 N–H and O–H groups in total. The first-order valence-corrected chi connectivity index (χ1v) is 11.2. The molecule has 0 spiro atoms. The summed E-state index contributed by atoms with van der Waals surface area (Å²) < 4.78 is 4.12. The molecule has 10 heteroatoms. The molecule has 160 valence electrons. The lowest BCUT2D eigenvalue weighted by Gasteiger charge is -2.30. The number of hydrogen-bond acceptors (Lipinski definition) is 6. The maximum Gasteiger partial charge on any atom is 0.276 e. The number of hydrogen-bond donors (Lipinski definition) is 1. The molecule has 32 heavy (non-hydrogen) atoms. The zero-order valence-electron chi connectivity index (χ0n) is 17.0. The van der Waals surface area contributed by atoms with Crippen LogP contribution in [0.2, 0.25) is 0 Å². The van der Waals surface area contributed by atoms with Gasteiger partial charge in [-0.15, -0.1) is 16.4 Å². The van der Waals surface area contributed by atoms with Gasteiger partial charge in [-0.2, -0.15) is 5.10 Å². The van der Waals surface area contributed by atoms with Gasteiger partial charge in [0.15, 0.2) is 0 Å². The van der Waals surface area contributed by atoms with Crippen LogP contribution in [-0.4, -0.2) is 53.3 Å². The van der Waals surface area contributed by atoms with Gasteiger partial charge in [-0.25, -0.2) is 14.2 Å². The lowest BCUT2D eigenvalue weighted by Crippen LogP contribution is -2.37. The van der Waals surface area contributed by atoms with Crippen LogP contribution in [0, 0.1) is 0 Å². The summed E-state index contributed by atoms with van der Waals surface area (Å²) in [6, 6.07) is 11.6. The van der Waals surface area contributed by atoms with Gasteiger partial charge in [-0.05, 0) is 37.1 Å². The van der Waals surface area contributed by atoms with Gasteiger partial charge < -0.3 is 4.90 Å². The van der Waals surface area contributed by atoms with E-state index in [1.165, 1.54) is 20.1 Å². The second-order valence-electron chi connectivity index (χ2n) is 7.88. The van der Waals surface area contributed by atoms with Crippen molar-refractivity contribution in [1.29, 1.82) is 0 Å². The van der Waals surface area contributed by atoms with Crippen molar-refractivity contribution in [3.05, 3.63) is 75.9 Å². The van der Waals surface area contributed by atoms with Crippen molar-refractivity contribution in [2.24, 2.45) is 0 Å². The lowest BCUT2D eigenvalue weighted by atomic mass is 9.97. The molecule has 0 bridgehead atoms. The first-order valence-electron chi connectivity index (χ1n) is 10.4. The zero-order chi connectivity index (χ0) is 21.7. The summed E-state index contributed by atoms with van der Waals surface area (Å²) in [7, 11) is 0. The van der Waals surface area contributed by atoms with E-state index < -0.39 is 0 Å². The van der Waals surface area contributed by atoms with Crippen molar-refractivity contribution in [3.8, 4) is 5.95 Å². The number of H-pyrrole nitrogens is 1. The van der Waals surface area contributed by atoms with Gasteiger partial charge in [0.25, 0.3) is 11.5 Å². The monoisotopic (exact) mass is 445 g/mol. The predicted molar refractivity (Wildman–Crippen MR) is 120 cm³/mol. The Balaban J connectivity index is 1.17. The minimum absolute atomic E-state index is 0.0663. The van der Waals surface area contributed by atoms with Crippen LogP contribution < -0.4 is 5.56 Å². The van der Waals surface area contributed by atoms with Crippen molar-refractivity contribution in [3.63, 3.8) is 0 Å². The molecule has 1 saturated heterocycles. The van der Waals surface area contributed by atoms with Crippen molar-refractivity contribution >= 4 is 33.0 Å². The van der Waals surface area contributed by atoms with Crippen LogP contribution >= 0.6 is 11.3 Å². The van der Waals surface area contributed by atoms with Crippen LogP contribution in [0.4, 0.5) is 0 Å². The van der Waals surface area contributed by atoms with Gasteiger partial charge in [-0.1, -0.05) is 12.1 Å². The number of benzene rings is 1. The number of likely N-dealkylation sites (tertiary alicyclic amines) is 1. The van der Waals surface area contributed by atoms with Crippen LogP contribution in [-0.2, 0) is 0 Å². The summed E-state index contributed by atoms with van der Waals surface area (Å²) in [6.07, 6.45) is 6.59. The Labute approximate surface area is 185 Å². The van der Waals surface area contributed by atoms with E-state index in [1.807, 2.05) is 23.1 Å². The molecule has 1 amide bonds. The molecule has 4 aromatic heterocycles. The third-order valence-electron chi connectivity index (χ3n) is 5.88. The summed E-state index contributed by atoms with van der Waals surface area (Å²) in [4.78, 5) is 34.6. The molecule has 6 rings (SSSR count). The van der Waals surface area contributed by atoms with Gasteiger partial charge in [0.2, 0.25) is 5.95 Å². The Kier molecular flexibility index (Phi) is 4.39. The molecule has 0 atom stereocenters. The number of rotatable bonds is 3. The van der Waals surface area contributed by atoms with Gasteiger partial charge in [-0.3, -0.25) is 14.6 Å². The number of amides is 1. The molecular formula is C22H19N7O2S. The SMILES string of the molecule is O=C(c1cnn(-c2nn3cccc3c(=O)[nH]2)c1)N1CCC(c2nc3ccccc3s2)CC1. The Morgan fingerprint density at radius 2 is 1.97 bits per heavy atom. The van der Waals surface area contributed by atoms with Crippen molar-refractivity contribution in [2.75, 3.05) is 13.1 Å². The van der Waals surface area contributed by atoms with E-state index in [2.05, 4.69) is 21.2 Å². The maximum absolute atomic E-state index is 13.0. The number of nitrogens with one attached hydrogen (secondary N) is 1. The second kappa shape index (κ2) is 7.41. The first-order chi connectivity index (χ1) is 15.7. The summed E-state index contributed by atoms with van der Waals surface area (Å²) >= 11 is 1.75. The smallest absolute Gasteiger partial charge is 0.276 e. The largest absolute Gasteiger partial charge is 0.339 e. The fraction of sp³-hybridized carbons (Fsp3) is 0.227. The first kappa shape index (κ1) is 18.9. The summed E-state index contributed by atoms with van der Waals surface area (Å²) in [6.45, 7) is 1.35. The quantitative estimate of drug-likeness (QED) is 0.460. The molecule has 5 aromatic rings. The minimum Gasteiger partial charge on any atom is -0.339 e. The molecule has 1 aliphatic rings. The van der Waals surface area contributed by atoms with Crippen LogP contribution in [0.3, 0.4) is 0 Å². The van der Waals surface area contributed by atoms with Crippen molar-refractivity contribution < 1.29 is 4.79 Å². The molecule has 1 fully saturated rings. The number of carbonyl (C=O) groups is 1. The Hall–Kier alpha value is -3.79. The highest BCUT2D eigenvalue weighted by Gasteiger charge is 2.27. The Morgan fingerprint density at radius 1 is 1.12 bits per heavy atom. The standard InChI is InChI=1S/C22H19N7O2S/c30-19-17-5-3-9-28(17)26-22(25-19)29-13-15(12-23-29)21(31)27-10-7-14(8-11-27)20-24-16-4-1-2-6-18(16)32-20/h1-6,9,12-14H,7-8,10-11H2,(H,25,26,30). The molecule has 0 aliphatic carbocycles. The molecule has 0 unspecified atom stereocenters. The molecule has 1 aromatic carbocycles. The normalized spacial score (nSPS) is 15.1. The fourth-order valence-electron chi connectivity index (χ4n) is 4.16. The van der Waals surface area contributed by atoms with E-state index >= 15 is 0 Å².